The molecule has 0 atom stereocenters. The summed E-state index contributed by atoms with van der Waals surface area (Å²) >= 11 is 5.97. The predicted molar refractivity (Wildman–Crippen MR) is 66.9 cm³/mol. The summed E-state index contributed by atoms with van der Waals surface area (Å²) < 4.78 is 5.18. The zero-order chi connectivity index (χ0) is 11.5. The molecule has 0 aliphatic carbocycles. The molecule has 2 rings (SSSR count). The first-order chi connectivity index (χ1) is 7.72. The zero-order valence-electron chi connectivity index (χ0n) is 9.29. The van der Waals surface area contributed by atoms with Gasteiger partial charge in [-0.15, -0.1) is 0 Å². The van der Waals surface area contributed by atoms with Gasteiger partial charge in [-0.3, -0.25) is 5.41 Å². The van der Waals surface area contributed by atoms with Crippen molar-refractivity contribution in [3.05, 3.63) is 23.2 Å². The van der Waals surface area contributed by atoms with E-state index in [4.69, 9.17) is 21.7 Å². The fourth-order valence-corrected chi connectivity index (χ4v) is 2.13. The van der Waals surface area contributed by atoms with E-state index in [0.29, 0.717) is 16.6 Å². The van der Waals surface area contributed by atoms with Gasteiger partial charge in [0.2, 0.25) is 0 Å². The van der Waals surface area contributed by atoms with Crippen molar-refractivity contribution in [2.45, 2.75) is 19.3 Å². The second kappa shape index (κ2) is 4.74. The maximum absolute atomic E-state index is 7.92. The van der Waals surface area contributed by atoms with E-state index in [-0.39, 0.29) is 0 Å². The SMILES string of the molecule is COc1cc(N2CCCCC2=N)ccc1Cl. The molecular formula is C12H15ClN2O. The Morgan fingerprint density at radius 1 is 1.38 bits per heavy atom. The van der Waals surface area contributed by atoms with Gasteiger partial charge >= 0.3 is 0 Å². The predicted octanol–water partition coefficient (Wildman–Crippen LogP) is 3.32. The second-order valence-corrected chi connectivity index (χ2v) is 4.28. The van der Waals surface area contributed by atoms with Crippen molar-refractivity contribution < 1.29 is 4.74 Å². The van der Waals surface area contributed by atoms with E-state index in [9.17, 15) is 0 Å². The molecule has 1 aliphatic rings. The third-order valence-corrected chi connectivity index (χ3v) is 3.13. The number of benzene rings is 1. The van der Waals surface area contributed by atoms with E-state index < -0.39 is 0 Å². The highest BCUT2D eigenvalue weighted by Crippen LogP contribution is 2.30. The van der Waals surface area contributed by atoms with Gasteiger partial charge in [0.1, 0.15) is 11.6 Å². The quantitative estimate of drug-likeness (QED) is 0.858. The summed E-state index contributed by atoms with van der Waals surface area (Å²) in [5.41, 5.74) is 0.992. The molecule has 1 aromatic carbocycles. The van der Waals surface area contributed by atoms with Gasteiger partial charge in [-0.2, -0.15) is 0 Å². The molecular weight excluding hydrogens is 224 g/mol. The second-order valence-electron chi connectivity index (χ2n) is 3.87. The van der Waals surface area contributed by atoms with E-state index in [1.54, 1.807) is 7.11 Å². The molecule has 0 bridgehead atoms. The first kappa shape index (κ1) is 11.3. The summed E-state index contributed by atoms with van der Waals surface area (Å²) in [5.74, 6) is 1.34. The molecule has 1 aromatic rings. The number of hydrogen-bond donors (Lipinski definition) is 1. The summed E-state index contributed by atoms with van der Waals surface area (Å²) in [4.78, 5) is 2.02. The Kier molecular flexibility index (Phi) is 3.34. The third kappa shape index (κ3) is 2.14. The highest BCUT2D eigenvalue weighted by molar-refractivity contribution is 6.32. The van der Waals surface area contributed by atoms with Gasteiger partial charge in [-0.05, 0) is 25.0 Å². The molecule has 0 radical (unpaired) electrons. The molecule has 1 aliphatic heterocycles. The molecule has 16 heavy (non-hydrogen) atoms. The summed E-state index contributed by atoms with van der Waals surface area (Å²) in [5, 5.41) is 8.52. The standard InChI is InChI=1S/C12H15ClN2O/c1-16-11-8-9(5-6-10(11)13)15-7-3-2-4-12(15)14/h5-6,8,14H,2-4,7H2,1H3. The van der Waals surface area contributed by atoms with Crippen LogP contribution in [0.2, 0.25) is 5.02 Å². The van der Waals surface area contributed by atoms with Crippen LogP contribution in [-0.4, -0.2) is 19.5 Å². The molecule has 1 saturated heterocycles. The van der Waals surface area contributed by atoms with Crippen molar-refractivity contribution in [1.29, 1.82) is 5.41 Å². The first-order valence-corrected chi connectivity index (χ1v) is 5.78. The van der Waals surface area contributed by atoms with Crippen LogP contribution >= 0.6 is 11.6 Å². The summed E-state index contributed by atoms with van der Waals surface area (Å²) in [6.45, 7) is 0.906. The van der Waals surface area contributed by atoms with Crippen molar-refractivity contribution in [2.24, 2.45) is 0 Å². The van der Waals surface area contributed by atoms with Crippen molar-refractivity contribution in [3.8, 4) is 5.75 Å². The maximum atomic E-state index is 7.92. The van der Waals surface area contributed by atoms with Gasteiger partial charge in [0.15, 0.2) is 0 Å². The molecule has 0 unspecified atom stereocenters. The number of amidine groups is 1. The Morgan fingerprint density at radius 2 is 2.19 bits per heavy atom. The lowest BCUT2D eigenvalue weighted by atomic mass is 10.1. The summed E-state index contributed by atoms with van der Waals surface area (Å²) in [7, 11) is 1.60. The lowest BCUT2D eigenvalue weighted by molar-refractivity contribution is 0.415. The van der Waals surface area contributed by atoms with Crippen LogP contribution in [0.25, 0.3) is 0 Å². The third-order valence-electron chi connectivity index (χ3n) is 2.82. The van der Waals surface area contributed by atoms with Crippen LogP contribution in [0.15, 0.2) is 18.2 Å². The first-order valence-electron chi connectivity index (χ1n) is 5.41. The molecule has 0 saturated carbocycles. The molecule has 3 nitrogen and oxygen atoms in total. The molecule has 1 heterocycles. The number of halogens is 1. The Balaban J connectivity index is 2.29. The normalized spacial score (nSPS) is 16.4. The van der Waals surface area contributed by atoms with Crippen molar-refractivity contribution in [1.82, 2.24) is 0 Å². The fraction of sp³-hybridized carbons (Fsp3) is 0.417. The molecule has 1 N–H and O–H groups in total. The van der Waals surface area contributed by atoms with E-state index in [2.05, 4.69) is 0 Å². The average molecular weight is 239 g/mol. The molecule has 0 spiro atoms. The topological polar surface area (TPSA) is 36.3 Å². The Labute approximate surface area is 100 Å². The van der Waals surface area contributed by atoms with Crippen LogP contribution in [0.5, 0.6) is 5.75 Å². The number of nitrogens with one attached hydrogen (secondary N) is 1. The number of nitrogens with zero attached hydrogens (tertiary/aromatic N) is 1. The highest BCUT2D eigenvalue weighted by atomic mass is 35.5. The average Bonchev–Trinajstić information content (AvgIpc) is 2.31. The van der Waals surface area contributed by atoms with Crippen molar-refractivity contribution >= 4 is 23.1 Å². The van der Waals surface area contributed by atoms with E-state index in [1.807, 2.05) is 23.1 Å². The van der Waals surface area contributed by atoms with E-state index >= 15 is 0 Å². The number of methoxy groups -OCH3 is 1. The van der Waals surface area contributed by atoms with Crippen LogP contribution in [0.4, 0.5) is 5.69 Å². The van der Waals surface area contributed by atoms with Crippen LogP contribution < -0.4 is 9.64 Å². The minimum atomic E-state index is 0.606. The number of rotatable bonds is 2. The number of anilines is 1. The molecule has 1 fully saturated rings. The van der Waals surface area contributed by atoms with Crippen LogP contribution in [0.3, 0.4) is 0 Å². The number of hydrogen-bond acceptors (Lipinski definition) is 2. The van der Waals surface area contributed by atoms with Crippen LogP contribution in [-0.2, 0) is 0 Å². The Bertz CT molecular complexity index is 406. The molecule has 0 aromatic heterocycles. The minimum absolute atomic E-state index is 0.606. The Hall–Kier alpha value is -1.22. The smallest absolute Gasteiger partial charge is 0.139 e. The summed E-state index contributed by atoms with van der Waals surface area (Å²) in [6, 6.07) is 5.64. The van der Waals surface area contributed by atoms with Crippen molar-refractivity contribution in [3.63, 3.8) is 0 Å². The highest BCUT2D eigenvalue weighted by Gasteiger charge is 2.17. The lowest BCUT2D eigenvalue weighted by Gasteiger charge is -2.29. The number of piperidine rings is 1. The maximum Gasteiger partial charge on any atom is 0.139 e. The van der Waals surface area contributed by atoms with Gasteiger partial charge < -0.3 is 9.64 Å². The largest absolute Gasteiger partial charge is 0.495 e. The van der Waals surface area contributed by atoms with Gasteiger partial charge in [-0.25, -0.2) is 0 Å². The van der Waals surface area contributed by atoms with Gasteiger partial charge in [0.25, 0.3) is 0 Å². The fourth-order valence-electron chi connectivity index (χ4n) is 1.93. The van der Waals surface area contributed by atoms with Crippen LogP contribution in [0, 0.1) is 5.41 Å². The summed E-state index contributed by atoms with van der Waals surface area (Å²) in [6.07, 6.45) is 3.10. The Morgan fingerprint density at radius 3 is 2.88 bits per heavy atom. The lowest BCUT2D eigenvalue weighted by Crippen LogP contribution is -2.34. The minimum Gasteiger partial charge on any atom is -0.495 e. The van der Waals surface area contributed by atoms with Crippen molar-refractivity contribution in [2.75, 3.05) is 18.6 Å². The van der Waals surface area contributed by atoms with E-state index in [1.165, 1.54) is 0 Å². The van der Waals surface area contributed by atoms with Gasteiger partial charge in [-0.1, -0.05) is 11.6 Å². The van der Waals surface area contributed by atoms with E-state index in [0.717, 1.165) is 31.5 Å². The van der Waals surface area contributed by atoms with Gasteiger partial charge in [0, 0.05) is 24.7 Å². The zero-order valence-corrected chi connectivity index (χ0v) is 10.0. The number of ether oxygens (including phenoxy) is 1. The molecule has 86 valence electrons. The molecule has 4 heteroatoms. The monoisotopic (exact) mass is 238 g/mol. The molecule has 0 amide bonds. The van der Waals surface area contributed by atoms with Crippen LogP contribution in [0.1, 0.15) is 19.3 Å². The van der Waals surface area contributed by atoms with Gasteiger partial charge in [0.05, 0.1) is 12.1 Å².